The van der Waals surface area contributed by atoms with Crippen molar-refractivity contribution in [2.24, 2.45) is 0 Å². The molecular formula is C35H41N5O6. The zero-order valence-electron chi connectivity index (χ0n) is 26.3. The molecule has 1 unspecified atom stereocenters. The number of nitrogens with zero attached hydrogens (tertiary/aromatic N) is 3. The van der Waals surface area contributed by atoms with Crippen LogP contribution in [0.4, 0.5) is 5.69 Å². The van der Waals surface area contributed by atoms with Gasteiger partial charge in [-0.2, -0.15) is 0 Å². The van der Waals surface area contributed by atoms with Crippen LogP contribution in [0.25, 0.3) is 0 Å². The first-order valence-electron chi connectivity index (χ1n) is 16.5. The summed E-state index contributed by atoms with van der Waals surface area (Å²) in [7, 11) is 1.77. The van der Waals surface area contributed by atoms with Crippen LogP contribution in [0, 0.1) is 0 Å². The molecule has 0 bridgehead atoms. The van der Waals surface area contributed by atoms with Crippen molar-refractivity contribution in [2.45, 2.75) is 88.6 Å². The van der Waals surface area contributed by atoms with Gasteiger partial charge in [0.1, 0.15) is 6.04 Å². The van der Waals surface area contributed by atoms with Gasteiger partial charge < -0.3 is 15.0 Å². The third-order valence-electron chi connectivity index (χ3n) is 10.6. The molecule has 5 aliphatic rings. The van der Waals surface area contributed by atoms with E-state index in [1.807, 2.05) is 24.3 Å². The first kappa shape index (κ1) is 30.6. The van der Waals surface area contributed by atoms with Crippen LogP contribution in [0.15, 0.2) is 36.4 Å². The van der Waals surface area contributed by atoms with Gasteiger partial charge in [-0.05, 0) is 79.6 Å². The monoisotopic (exact) mass is 627 g/mol. The largest absolute Gasteiger partial charge is 0.377 e. The van der Waals surface area contributed by atoms with Gasteiger partial charge in [-0.1, -0.05) is 19.3 Å². The Bertz CT molecular complexity index is 1530. The van der Waals surface area contributed by atoms with Crippen LogP contribution in [0.3, 0.4) is 0 Å². The van der Waals surface area contributed by atoms with Crippen LogP contribution >= 0.6 is 0 Å². The Labute approximate surface area is 268 Å². The van der Waals surface area contributed by atoms with Gasteiger partial charge in [-0.15, -0.1) is 0 Å². The molecule has 0 spiro atoms. The van der Waals surface area contributed by atoms with Gasteiger partial charge in [0, 0.05) is 63.5 Å². The van der Waals surface area contributed by atoms with Gasteiger partial charge in [0.25, 0.3) is 17.7 Å². The number of benzene rings is 2. The minimum Gasteiger partial charge on any atom is -0.377 e. The lowest BCUT2D eigenvalue weighted by Crippen LogP contribution is -2.54. The number of fused-ring (bicyclic) bond motifs is 2. The van der Waals surface area contributed by atoms with Crippen LogP contribution in [-0.2, 0) is 27.4 Å². The number of carbonyl (C=O) groups excluding carboxylic acids is 5. The maximum absolute atomic E-state index is 13.3. The van der Waals surface area contributed by atoms with Gasteiger partial charge in [0.2, 0.25) is 11.8 Å². The number of ether oxygens (including phenoxy) is 1. The van der Waals surface area contributed by atoms with E-state index in [0.717, 1.165) is 67.0 Å². The zero-order valence-corrected chi connectivity index (χ0v) is 26.3. The second-order valence-electron chi connectivity index (χ2n) is 13.5. The molecule has 3 fully saturated rings. The lowest BCUT2D eigenvalue weighted by molar-refractivity contribution is -0.136. The molecule has 2 N–H and O–H groups in total. The molecule has 1 atom stereocenters. The number of hydrogen-bond donors (Lipinski definition) is 2. The van der Waals surface area contributed by atoms with E-state index in [4.69, 9.17) is 4.74 Å². The first-order valence-corrected chi connectivity index (χ1v) is 16.5. The predicted octanol–water partition coefficient (Wildman–Crippen LogP) is 3.15. The summed E-state index contributed by atoms with van der Waals surface area (Å²) in [6.45, 7) is 3.66. The number of imide groups is 2. The van der Waals surface area contributed by atoms with Crippen molar-refractivity contribution >= 4 is 35.2 Å². The molecule has 7 rings (SSSR count). The Balaban J connectivity index is 0.956. The van der Waals surface area contributed by atoms with E-state index in [1.165, 1.54) is 19.3 Å². The highest BCUT2D eigenvalue weighted by Gasteiger charge is 2.46. The van der Waals surface area contributed by atoms with Crippen molar-refractivity contribution in [3.05, 3.63) is 64.2 Å². The Kier molecular flexibility index (Phi) is 8.14. The molecule has 2 saturated heterocycles. The van der Waals surface area contributed by atoms with Crippen molar-refractivity contribution < 1.29 is 28.7 Å². The van der Waals surface area contributed by atoms with Gasteiger partial charge in [-0.3, -0.25) is 39.1 Å². The highest BCUT2D eigenvalue weighted by atomic mass is 16.5. The number of methoxy groups -OCH3 is 1. The molecule has 4 aliphatic heterocycles. The van der Waals surface area contributed by atoms with Crippen molar-refractivity contribution in [1.29, 1.82) is 0 Å². The van der Waals surface area contributed by atoms with Crippen molar-refractivity contribution in [3.8, 4) is 0 Å². The van der Waals surface area contributed by atoms with Gasteiger partial charge in [0.05, 0.1) is 16.7 Å². The molecular weight excluding hydrogens is 586 g/mol. The summed E-state index contributed by atoms with van der Waals surface area (Å²) in [6.07, 6.45) is 7.68. The average Bonchev–Trinajstić information content (AvgIpc) is 3.57. The third kappa shape index (κ3) is 5.71. The maximum atomic E-state index is 13.3. The molecule has 5 amide bonds. The molecule has 1 aliphatic carbocycles. The maximum Gasteiger partial charge on any atom is 0.262 e. The van der Waals surface area contributed by atoms with Gasteiger partial charge in [0.15, 0.2) is 0 Å². The van der Waals surface area contributed by atoms with Crippen LogP contribution in [0.2, 0.25) is 0 Å². The van der Waals surface area contributed by atoms with E-state index >= 15 is 0 Å². The molecule has 1 saturated carbocycles. The summed E-state index contributed by atoms with van der Waals surface area (Å²) in [5.41, 5.74) is 4.12. The minimum atomic E-state index is -0.965. The fourth-order valence-corrected chi connectivity index (χ4v) is 7.90. The summed E-state index contributed by atoms with van der Waals surface area (Å²) in [4.78, 5) is 69.0. The fourth-order valence-electron chi connectivity index (χ4n) is 7.90. The SMILES string of the molecule is COC1(CN2Cc3cc4c(cc3C2)C(=O)N(C2CCC(=O)NC2=O)C4=O)CCN(c2ccc(C(=O)NC3CCCCC3)cc2)CC1. The Hall–Kier alpha value is -4.09. The number of amides is 5. The van der Waals surface area contributed by atoms with E-state index in [-0.39, 0.29) is 36.3 Å². The Morgan fingerprint density at radius 1 is 0.913 bits per heavy atom. The molecule has 242 valence electrons. The van der Waals surface area contributed by atoms with E-state index in [1.54, 1.807) is 19.2 Å². The lowest BCUT2D eigenvalue weighted by atomic mass is 9.90. The minimum absolute atomic E-state index is 0.00713. The second-order valence-corrected chi connectivity index (χ2v) is 13.5. The first-order chi connectivity index (χ1) is 22.2. The summed E-state index contributed by atoms with van der Waals surface area (Å²) >= 11 is 0. The molecule has 46 heavy (non-hydrogen) atoms. The highest BCUT2D eigenvalue weighted by Crippen LogP contribution is 2.36. The molecule has 11 heteroatoms. The normalized spacial score (nSPS) is 23.4. The fraction of sp³-hybridized carbons (Fsp3) is 0.514. The smallest absolute Gasteiger partial charge is 0.262 e. The second kappa shape index (κ2) is 12.3. The van der Waals surface area contributed by atoms with Crippen molar-refractivity contribution in [1.82, 2.24) is 20.4 Å². The standard InChI is InChI=1S/C35H41N5O6/c1-46-35(13-15-39(16-14-35)26-9-7-22(8-10-26)31(42)36-25-5-3-2-4-6-25)21-38-19-23-17-27-28(18-24(23)20-38)34(45)40(33(27)44)29-11-12-30(41)37-32(29)43/h7-10,17-18,25,29H,2-6,11-16,19-21H2,1H3,(H,36,42)(H,37,41,43). The number of rotatable bonds is 7. The van der Waals surface area contributed by atoms with Crippen molar-refractivity contribution in [3.63, 3.8) is 0 Å². The molecule has 0 radical (unpaired) electrons. The third-order valence-corrected chi connectivity index (χ3v) is 10.6. The van der Waals surface area contributed by atoms with E-state index in [2.05, 4.69) is 20.4 Å². The molecule has 0 aromatic heterocycles. The number of piperidine rings is 2. The van der Waals surface area contributed by atoms with Crippen LogP contribution in [-0.4, -0.2) is 83.8 Å². The molecule has 11 nitrogen and oxygen atoms in total. The molecule has 2 aromatic carbocycles. The molecule has 4 heterocycles. The predicted molar refractivity (Wildman–Crippen MR) is 169 cm³/mol. The number of anilines is 1. The van der Waals surface area contributed by atoms with E-state index < -0.39 is 23.8 Å². The van der Waals surface area contributed by atoms with Gasteiger partial charge >= 0.3 is 0 Å². The Morgan fingerprint density at radius 2 is 1.54 bits per heavy atom. The number of hydrogen-bond acceptors (Lipinski definition) is 8. The topological polar surface area (TPSA) is 128 Å². The average molecular weight is 628 g/mol. The summed E-state index contributed by atoms with van der Waals surface area (Å²) in [5, 5.41) is 5.44. The van der Waals surface area contributed by atoms with E-state index in [0.29, 0.717) is 29.8 Å². The van der Waals surface area contributed by atoms with Crippen LogP contribution < -0.4 is 15.5 Å². The highest BCUT2D eigenvalue weighted by molar-refractivity contribution is 6.23. The van der Waals surface area contributed by atoms with Crippen LogP contribution in [0.5, 0.6) is 0 Å². The van der Waals surface area contributed by atoms with Crippen LogP contribution in [0.1, 0.15) is 100.0 Å². The Morgan fingerprint density at radius 3 is 2.13 bits per heavy atom. The molecule has 2 aromatic rings. The van der Waals surface area contributed by atoms with Crippen molar-refractivity contribution in [2.75, 3.05) is 31.6 Å². The summed E-state index contributed by atoms with van der Waals surface area (Å²) in [5.74, 6) is -1.94. The number of carbonyl (C=O) groups is 5. The van der Waals surface area contributed by atoms with Gasteiger partial charge in [-0.25, -0.2) is 0 Å². The zero-order chi connectivity index (χ0) is 32.0. The quantitative estimate of drug-likeness (QED) is 0.449. The van der Waals surface area contributed by atoms with E-state index in [9.17, 15) is 24.0 Å². The summed E-state index contributed by atoms with van der Waals surface area (Å²) < 4.78 is 6.16. The lowest BCUT2D eigenvalue weighted by Gasteiger charge is -2.43. The number of nitrogens with one attached hydrogen (secondary N) is 2. The summed E-state index contributed by atoms with van der Waals surface area (Å²) in [6, 6.07) is 10.8.